The predicted molar refractivity (Wildman–Crippen MR) is 77.1 cm³/mol. The van der Waals surface area contributed by atoms with Crippen molar-refractivity contribution in [1.29, 1.82) is 0 Å². The van der Waals surface area contributed by atoms with E-state index < -0.39 is 11.8 Å². The third-order valence-electron chi connectivity index (χ3n) is 4.34. The molecule has 9 nitrogen and oxygen atoms in total. The van der Waals surface area contributed by atoms with Gasteiger partial charge in [-0.25, -0.2) is 4.79 Å². The molecule has 2 saturated heterocycles. The van der Waals surface area contributed by atoms with Gasteiger partial charge in [0, 0.05) is 39.5 Å². The molecule has 0 radical (unpaired) electrons. The Morgan fingerprint density at radius 3 is 2.52 bits per heavy atom. The van der Waals surface area contributed by atoms with E-state index in [9.17, 15) is 14.4 Å². The molecule has 0 unspecified atom stereocenters. The monoisotopic (exact) mass is 321 g/mol. The molecule has 1 N–H and O–H groups in total. The molecule has 0 spiro atoms. The molecule has 0 aromatic carbocycles. The van der Waals surface area contributed by atoms with Crippen molar-refractivity contribution in [3.05, 3.63) is 11.7 Å². The van der Waals surface area contributed by atoms with Crippen LogP contribution in [0.1, 0.15) is 18.6 Å². The second-order valence-electron chi connectivity index (χ2n) is 5.79. The molecule has 2 atom stereocenters. The van der Waals surface area contributed by atoms with Gasteiger partial charge in [-0.2, -0.15) is 4.98 Å². The molecule has 1 aromatic rings. The number of carbonyl (C=O) groups excluding carboxylic acids is 3. The van der Waals surface area contributed by atoms with Gasteiger partial charge < -0.3 is 14.7 Å². The number of hydrogen-bond acceptors (Lipinski definition) is 6. The van der Waals surface area contributed by atoms with Crippen molar-refractivity contribution in [2.45, 2.75) is 19.8 Å². The average Bonchev–Trinajstić information content (AvgIpc) is 3.22. The number of aryl methyl sites for hydroxylation is 1. The Labute approximate surface area is 133 Å². The summed E-state index contributed by atoms with van der Waals surface area (Å²) in [5.41, 5.74) is 0. The summed E-state index contributed by atoms with van der Waals surface area (Å²) in [6.07, 6.45) is 1.14. The van der Waals surface area contributed by atoms with Gasteiger partial charge in [0.2, 0.25) is 17.7 Å². The van der Waals surface area contributed by atoms with Gasteiger partial charge in [-0.3, -0.25) is 14.5 Å². The maximum Gasteiger partial charge on any atom is 0.317 e. The van der Waals surface area contributed by atoms with Gasteiger partial charge in [0.05, 0.1) is 11.8 Å². The fourth-order valence-corrected chi connectivity index (χ4v) is 3.00. The topological polar surface area (TPSA) is 109 Å². The largest absolute Gasteiger partial charge is 0.339 e. The molecule has 4 amide bonds. The zero-order valence-corrected chi connectivity index (χ0v) is 13.1. The average molecular weight is 321 g/mol. The number of urea groups is 1. The minimum absolute atomic E-state index is 0.201. The van der Waals surface area contributed by atoms with Gasteiger partial charge in [-0.05, 0) is 0 Å². The van der Waals surface area contributed by atoms with Crippen LogP contribution in [0.25, 0.3) is 0 Å². The van der Waals surface area contributed by atoms with E-state index in [1.165, 1.54) is 11.9 Å². The van der Waals surface area contributed by atoms with E-state index in [1.807, 2.05) is 6.92 Å². The summed E-state index contributed by atoms with van der Waals surface area (Å²) in [7, 11) is 1.49. The highest BCUT2D eigenvalue weighted by Gasteiger charge is 2.51. The van der Waals surface area contributed by atoms with Crippen LogP contribution in [-0.4, -0.2) is 64.5 Å². The molecule has 3 heterocycles. The third kappa shape index (κ3) is 2.78. The number of nitrogens with zero attached hydrogens (tertiary/aromatic N) is 4. The number of fused-ring (bicyclic) bond motifs is 1. The standard InChI is InChI=1S/C14H19N5O4/c1-3-10-16-11(23-17-10)4-5-15-14(22)19-6-8-9(7-19)13(21)18(2)12(8)20/h8-9H,3-7H2,1-2H3,(H,15,22)/t8-,9+. The van der Waals surface area contributed by atoms with Gasteiger partial charge in [-0.1, -0.05) is 12.1 Å². The van der Waals surface area contributed by atoms with Crippen LogP contribution in [0.2, 0.25) is 0 Å². The van der Waals surface area contributed by atoms with Crippen molar-refractivity contribution >= 4 is 17.8 Å². The van der Waals surface area contributed by atoms with Crippen molar-refractivity contribution in [2.75, 3.05) is 26.7 Å². The first kappa shape index (κ1) is 15.4. The molecule has 0 aliphatic carbocycles. The van der Waals surface area contributed by atoms with Gasteiger partial charge in [0.25, 0.3) is 0 Å². The number of rotatable bonds is 4. The van der Waals surface area contributed by atoms with Crippen LogP contribution in [0.3, 0.4) is 0 Å². The van der Waals surface area contributed by atoms with Gasteiger partial charge in [0.15, 0.2) is 5.82 Å². The Kier molecular flexibility index (Phi) is 4.01. The summed E-state index contributed by atoms with van der Waals surface area (Å²) < 4.78 is 5.04. The first-order chi connectivity index (χ1) is 11.0. The molecule has 3 rings (SSSR count). The second-order valence-corrected chi connectivity index (χ2v) is 5.79. The predicted octanol–water partition coefficient (Wildman–Crippen LogP) is -0.569. The van der Waals surface area contributed by atoms with Crippen LogP contribution in [-0.2, 0) is 22.4 Å². The molecule has 0 bridgehead atoms. The van der Waals surface area contributed by atoms with E-state index in [2.05, 4.69) is 15.5 Å². The van der Waals surface area contributed by atoms with Crippen molar-refractivity contribution in [3.63, 3.8) is 0 Å². The number of nitrogens with one attached hydrogen (secondary N) is 1. The Morgan fingerprint density at radius 1 is 1.30 bits per heavy atom. The number of hydrogen-bond donors (Lipinski definition) is 1. The lowest BCUT2D eigenvalue weighted by molar-refractivity contribution is -0.138. The summed E-state index contributed by atoms with van der Waals surface area (Å²) in [6, 6.07) is -0.280. The molecule has 124 valence electrons. The molecule has 2 aliphatic heterocycles. The summed E-state index contributed by atoms with van der Waals surface area (Å²) in [4.78, 5) is 42.8. The highest BCUT2D eigenvalue weighted by atomic mass is 16.5. The molecular weight excluding hydrogens is 302 g/mol. The number of carbonyl (C=O) groups is 3. The molecule has 1 aromatic heterocycles. The Morgan fingerprint density at radius 2 is 1.96 bits per heavy atom. The van der Waals surface area contributed by atoms with Gasteiger partial charge in [-0.15, -0.1) is 0 Å². The van der Waals surface area contributed by atoms with Crippen molar-refractivity contribution < 1.29 is 18.9 Å². The van der Waals surface area contributed by atoms with E-state index >= 15 is 0 Å². The summed E-state index contributed by atoms with van der Waals surface area (Å²) in [6.45, 7) is 2.86. The normalized spacial score (nSPS) is 23.6. The van der Waals surface area contributed by atoms with E-state index in [0.29, 0.717) is 31.1 Å². The van der Waals surface area contributed by atoms with Crippen LogP contribution < -0.4 is 5.32 Å². The lowest BCUT2D eigenvalue weighted by Crippen LogP contribution is -2.42. The Hall–Kier alpha value is -2.45. The smallest absolute Gasteiger partial charge is 0.317 e. The molecular formula is C14H19N5O4. The Balaban J connectivity index is 1.48. The minimum atomic E-state index is -0.402. The molecule has 0 saturated carbocycles. The van der Waals surface area contributed by atoms with Crippen LogP contribution in [0.5, 0.6) is 0 Å². The number of aromatic nitrogens is 2. The van der Waals surface area contributed by atoms with E-state index in [1.54, 1.807) is 0 Å². The number of imide groups is 1. The zero-order valence-electron chi connectivity index (χ0n) is 13.1. The lowest BCUT2D eigenvalue weighted by Gasteiger charge is -2.19. The Bertz CT molecular complexity index is 619. The molecule has 2 fully saturated rings. The first-order valence-corrected chi connectivity index (χ1v) is 7.67. The van der Waals surface area contributed by atoms with E-state index in [-0.39, 0.29) is 30.9 Å². The van der Waals surface area contributed by atoms with Crippen LogP contribution in [0.15, 0.2) is 4.52 Å². The maximum atomic E-state index is 12.1. The highest BCUT2D eigenvalue weighted by molar-refractivity contribution is 6.05. The van der Waals surface area contributed by atoms with Gasteiger partial charge in [0.1, 0.15) is 0 Å². The highest BCUT2D eigenvalue weighted by Crippen LogP contribution is 2.32. The van der Waals surface area contributed by atoms with E-state index in [4.69, 9.17) is 4.52 Å². The first-order valence-electron chi connectivity index (χ1n) is 7.67. The summed E-state index contributed by atoms with van der Waals surface area (Å²) in [5.74, 6) is -0.0867. The SMILES string of the molecule is CCc1noc(CCNC(=O)N2C[C@@H]3C(=O)N(C)C(=O)[C@@H]3C2)n1. The fourth-order valence-electron chi connectivity index (χ4n) is 3.00. The van der Waals surface area contributed by atoms with E-state index in [0.717, 1.165) is 4.90 Å². The van der Waals surface area contributed by atoms with Gasteiger partial charge >= 0.3 is 6.03 Å². The molecule has 2 aliphatic rings. The summed E-state index contributed by atoms with van der Waals surface area (Å²) in [5, 5.41) is 6.54. The molecule has 23 heavy (non-hydrogen) atoms. The fraction of sp³-hybridized carbons (Fsp3) is 0.643. The van der Waals surface area contributed by atoms with Crippen molar-refractivity contribution in [3.8, 4) is 0 Å². The van der Waals surface area contributed by atoms with Crippen molar-refractivity contribution in [2.24, 2.45) is 11.8 Å². The number of amides is 4. The van der Waals surface area contributed by atoms with Crippen LogP contribution in [0.4, 0.5) is 4.79 Å². The van der Waals surface area contributed by atoms with Crippen LogP contribution in [0, 0.1) is 11.8 Å². The maximum absolute atomic E-state index is 12.1. The second kappa shape index (κ2) is 5.98. The molecule has 9 heteroatoms. The lowest BCUT2D eigenvalue weighted by atomic mass is 10.00. The quantitative estimate of drug-likeness (QED) is 0.744. The summed E-state index contributed by atoms with van der Waals surface area (Å²) >= 11 is 0. The van der Waals surface area contributed by atoms with Crippen molar-refractivity contribution in [1.82, 2.24) is 25.3 Å². The minimum Gasteiger partial charge on any atom is -0.339 e. The van der Waals surface area contributed by atoms with Crippen LogP contribution >= 0.6 is 0 Å². The zero-order chi connectivity index (χ0) is 16.6. The number of likely N-dealkylation sites (tertiary alicyclic amines) is 2. The third-order valence-corrected chi connectivity index (χ3v) is 4.34.